The van der Waals surface area contributed by atoms with Gasteiger partial charge in [-0.1, -0.05) is 25.5 Å². The lowest BCUT2D eigenvalue weighted by atomic mass is 9.44. The standard InChI is InChI=1S/C24H31FO6/c1-13-9-18-17-6-5-15-10-16(27)7-8-21(15,3)23(17,25)19(28)11-22(18,4)24(13,30)20(29)12-31-14(2)26/h7-8,10,13,17-19,28,30H,5-6,9,11-12H2,1-4H3/t13-,17-,18-,19-,21-,22-,23?,24-/m0/s1. The van der Waals surface area contributed by atoms with Gasteiger partial charge in [0.05, 0.1) is 6.10 Å². The number of carbonyl (C=O) groups is 3. The molecule has 3 saturated carbocycles. The number of aliphatic hydroxyl groups excluding tert-OH is 1. The topological polar surface area (TPSA) is 101 Å². The molecule has 0 aliphatic heterocycles. The number of aliphatic hydroxyl groups is 2. The Morgan fingerprint density at radius 2 is 1.97 bits per heavy atom. The van der Waals surface area contributed by atoms with E-state index in [2.05, 4.69) is 0 Å². The van der Waals surface area contributed by atoms with E-state index in [9.17, 15) is 24.6 Å². The SMILES string of the molecule is CC(=O)OCC(=O)[C@@]1(O)[C@@H](C)C[C@H]2[C@@H]3CCC4=CC(=O)C=C[C@]4(C)C3(F)[C@@H](O)C[C@@]21C. The van der Waals surface area contributed by atoms with E-state index < -0.39 is 58.4 Å². The molecule has 170 valence electrons. The monoisotopic (exact) mass is 434 g/mol. The zero-order valence-electron chi connectivity index (χ0n) is 18.5. The Kier molecular flexibility index (Phi) is 4.91. The summed E-state index contributed by atoms with van der Waals surface area (Å²) in [6.07, 6.45) is 4.29. The van der Waals surface area contributed by atoms with E-state index >= 15 is 4.39 Å². The first-order chi connectivity index (χ1) is 14.3. The lowest BCUT2D eigenvalue weighted by Crippen LogP contribution is -2.69. The van der Waals surface area contributed by atoms with E-state index in [4.69, 9.17) is 4.74 Å². The molecule has 3 fully saturated rings. The molecule has 2 N–H and O–H groups in total. The van der Waals surface area contributed by atoms with Gasteiger partial charge in [-0.3, -0.25) is 14.4 Å². The van der Waals surface area contributed by atoms with Crippen molar-refractivity contribution in [3.05, 3.63) is 23.8 Å². The highest BCUT2D eigenvalue weighted by molar-refractivity contribution is 6.01. The minimum Gasteiger partial charge on any atom is -0.458 e. The van der Waals surface area contributed by atoms with Crippen LogP contribution in [0.4, 0.5) is 4.39 Å². The van der Waals surface area contributed by atoms with E-state index in [-0.39, 0.29) is 18.1 Å². The van der Waals surface area contributed by atoms with Gasteiger partial charge in [0.25, 0.3) is 0 Å². The number of fused-ring (bicyclic) bond motifs is 5. The molecule has 0 heterocycles. The van der Waals surface area contributed by atoms with E-state index in [1.165, 1.54) is 19.1 Å². The minimum absolute atomic E-state index is 0.0953. The molecule has 0 aromatic rings. The van der Waals surface area contributed by atoms with Crippen molar-refractivity contribution in [3.63, 3.8) is 0 Å². The molecule has 4 aliphatic carbocycles. The molecule has 0 aromatic heterocycles. The Bertz CT molecular complexity index is 910. The molecule has 0 radical (unpaired) electrons. The van der Waals surface area contributed by atoms with Crippen LogP contribution in [0.25, 0.3) is 0 Å². The lowest BCUT2D eigenvalue weighted by molar-refractivity contribution is -0.219. The first-order valence-corrected chi connectivity index (χ1v) is 11.0. The molecular formula is C24H31FO6. The highest BCUT2D eigenvalue weighted by atomic mass is 19.1. The number of rotatable bonds is 3. The zero-order valence-corrected chi connectivity index (χ0v) is 18.5. The average Bonchev–Trinajstić information content (AvgIpc) is 2.89. The summed E-state index contributed by atoms with van der Waals surface area (Å²) in [5, 5.41) is 22.9. The molecule has 0 bridgehead atoms. The number of ketones is 2. The summed E-state index contributed by atoms with van der Waals surface area (Å²) in [5.41, 5.74) is -5.33. The van der Waals surface area contributed by atoms with Crippen LogP contribution in [0.2, 0.25) is 0 Å². The predicted molar refractivity (Wildman–Crippen MR) is 109 cm³/mol. The predicted octanol–water partition coefficient (Wildman–Crippen LogP) is 2.47. The third kappa shape index (κ3) is 2.65. The second-order valence-electron chi connectivity index (χ2n) is 10.4. The van der Waals surface area contributed by atoms with Gasteiger partial charge in [-0.2, -0.15) is 0 Å². The number of halogens is 1. The Labute approximate surface area is 181 Å². The van der Waals surface area contributed by atoms with Crippen molar-refractivity contribution in [1.82, 2.24) is 0 Å². The van der Waals surface area contributed by atoms with Gasteiger partial charge >= 0.3 is 5.97 Å². The molecule has 1 unspecified atom stereocenters. The van der Waals surface area contributed by atoms with Crippen LogP contribution in [0.3, 0.4) is 0 Å². The normalized spacial score (nSPS) is 48.4. The van der Waals surface area contributed by atoms with Crippen molar-refractivity contribution < 1.29 is 33.7 Å². The van der Waals surface area contributed by atoms with E-state index in [0.29, 0.717) is 24.8 Å². The van der Waals surface area contributed by atoms with Gasteiger partial charge in [-0.25, -0.2) is 4.39 Å². The fraction of sp³-hybridized carbons (Fsp3) is 0.708. The van der Waals surface area contributed by atoms with Crippen LogP contribution in [0, 0.1) is 28.6 Å². The van der Waals surface area contributed by atoms with Crippen LogP contribution in [0.1, 0.15) is 53.4 Å². The summed E-state index contributed by atoms with van der Waals surface area (Å²) in [6, 6.07) is 0. The first-order valence-electron chi connectivity index (χ1n) is 11.0. The molecule has 0 aromatic carbocycles. The summed E-state index contributed by atoms with van der Waals surface area (Å²) in [7, 11) is 0. The van der Waals surface area contributed by atoms with E-state index in [0.717, 1.165) is 0 Å². The number of ether oxygens (including phenoxy) is 1. The van der Waals surface area contributed by atoms with Crippen molar-refractivity contribution >= 4 is 17.5 Å². The number of hydrogen-bond acceptors (Lipinski definition) is 6. The zero-order chi connectivity index (χ0) is 23.0. The molecule has 4 rings (SSSR count). The van der Waals surface area contributed by atoms with Crippen molar-refractivity contribution in [1.29, 1.82) is 0 Å². The second kappa shape index (κ2) is 6.82. The summed E-state index contributed by atoms with van der Waals surface area (Å²) < 4.78 is 21.9. The summed E-state index contributed by atoms with van der Waals surface area (Å²) in [6.45, 7) is 5.89. The van der Waals surface area contributed by atoms with Crippen molar-refractivity contribution in [2.24, 2.45) is 28.6 Å². The first kappa shape index (κ1) is 22.3. The Hall–Kier alpha value is -1.86. The van der Waals surface area contributed by atoms with Crippen LogP contribution in [-0.2, 0) is 19.1 Å². The number of esters is 1. The Morgan fingerprint density at radius 3 is 2.61 bits per heavy atom. The molecule has 4 aliphatic rings. The molecule has 6 nitrogen and oxygen atoms in total. The maximum Gasteiger partial charge on any atom is 0.303 e. The maximum absolute atomic E-state index is 17.0. The number of allylic oxidation sites excluding steroid dienone is 4. The average molecular weight is 435 g/mol. The maximum atomic E-state index is 17.0. The van der Waals surface area contributed by atoms with E-state index in [1.807, 2.05) is 0 Å². The van der Waals surface area contributed by atoms with E-state index in [1.54, 1.807) is 26.8 Å². The van der Waals surface area contributed by atoms with Crippen molar-refractivity contribution in [2.75, 3.05) is 6.61 Å². The van der Waals surface area contributed by atoms with Gasteiger partial charge in [-0.05, 0) is 56.6 Å². The third-order valence-electron chi connectivity index (χ3n) is 9.05. The lowest BCUT2D eigenvalue weighted by Gasteiger charge is -2.62. The van der Waals surface area contributed by atoms with Crippen molar-refractivity contribution in [2.45, 2.75) is 70.8 Å². The van der Waals surface area contributed by atoms with Crippen LogP contribution in [0.5, 0.6) is 0 Å². The number of hydrogen-bond donors (Lipinski definition) is 2. The highest BCUT2D eigenvalue weighted by Crippen LogP contribution is 2.70. The van der Waals surface area contributed by atoms with Gasteiger partial charge < -0.3 is 14.9 Å². The molecule has 7 heteroatoms. The highest BCUT2D eigenvalue weighted by Gasteiger charge is 2.75. The van der Waals surface area contributed by atoms with Crippen LogP contribution in [-0.4, -0.2) is 51.7 Å². The number of alkyl halides is 1. The van der Waals surface area contributed by atoms with Gasteiger partial charge in [0.2, 0.25) is 5.78 Å². The van der Waals surface area contributed by atoms with Crippen LogP contribution < -0.4 is 0 Å². The van der Waals surface area contributed by atoms with Gasteiger partial charge in [-0.15, -0.1) is 0 Å². The molecule has 0 saturated heterocycles. The number of carbonyl (C=O) groups excluding carboxylic acids is 3. The number of Topliss-reactive ketones (excluding diaryl/α,β-unsaturated/α-hetero) is 1. The summed E-state index contributed by atoms with van der Waals surface area (Å²) >= 11 is 0. The minimum atomic E-state index is -2.01. The van der Waals surface area contributed by atoms with Crippen molar-refractivity contribution in [3.8, 4) is 0 Å². The smallest absolute Gasteiger partial charge is 0.303 e. The van der Waals surface area contributed by atoms with Crippen LogP contribution >= 0.6 is 0 Å². The molecule has 31 heavy (non-hydrogen) atoms. The van der Waals surface area contributed by atoms with Gasteiger partial charge in [0.15, 0.2) is 18.1 Å². The summed E-state index contributed by atoms with van der Waals surface area (Å²) in [5.74, 6) is -2.80. The molecule has 0 spiro atoms. The molecular weight excluding hydrogens is 403 g/mol. The third-order valence-corrected chi connectivity index (χ3v) is 9.05. The second-order valence-corrected chi connectivity index (χ2v) is 10.4. The largest absolute Gasteiger partial charge is 0.458 e. The Balaban J connectivity index is 1.76. The van der Waals surface area contributed by atoms with Crippen LogP contribution in [0.15, 0.2) is 23.8 Å². The summed E-state index contributed by atoms with van der Waals surface area (Å²) in [4.78, 5) is 36.2. The fourth-order valence-electron chi connectivity index (χ4n) is 7.42. The molecule has 0 amide bonds. The van der Waals surface area contributed by atoms with Gasteiger partial charge in [0, 0.05) is 23.7 Å². The van der Waals surface area contributed by atoms with Gasteiger partial charge in [0.1, 0.15) is 5.60 Å². The fourth-order valence-corrected chi connectivity index (χ4v) is 7.42. The Morgan fingerprint density at radius 1 is 1.29 bits per heavy atom. The quantitative estimate of drug-likeness (QED) is 0.662. The molecule has 8 atom stereocenters.